The molecule has 7 heteroatoms. The lowest BCUT2D eigenvalue weighted by atomic mass is 10.1. The summed E-state index contributed by atoms with van der Waals surface area (Å²) < 4.78 is 28.2. The van der Waals surface area contributed by atoms with E-state index in [4.69, 9.17) is 10.8 Å². The zero-order chi connectivity index (χ0) is 19.7. The van der Waals surface area contributed by atoms with Crippen molar-refractivity contribution in [3.63, 3.8) is 0 Å². The molecule has 0 bridgehead atoms. The van der Waals surface area contributed by atoms with E-state index in [0.717, 1.165) is 27.2 Å². The summed E-state index contributed by atoms with van der Waals surface area (Å²) in [7, 11) is 0. The average molecular weight is 375 g/mol. The van der Waals surface area contributed by atoms with E-state index in [1.807, 2.05) is 30.3 Å². The van der Waals surface area contributed by atoms with Crippen molar-refractivity contribution in [3.05, 3.63) is 89.5 Å². The lowest BCUT2D eigenvalue weighted by molar-refractivity contribution is 0.584. The van der Waals surface area contributed by atoms with Gasteiger partial charge in [0.05, 0.1) is 11.2 Å². The predicted molar refractivity (Wildman–Crippen MR) is 102 cm³/mol. The molecule has 0 spiro atoms. The van der Waals surface area contributed by atoms with E-state index in [9.17, 15) is 8.78 Å². The van der Waals surface area contributed by atoms with Crippen LogP contribution in [-0.2, 0) is 6.42 Å². The fourth-order valence-corrected chi connectivity index (χ4v) is 2.99. The van der Waals surface area contributed by atoms with E-state index < -0.39 is 11.6 Å². The van der Waals surface area contributed by atoms with Gasteiger partial charge in [-0.05, 0) is 48.0 Å². The third-order valence-corrected chi connectivity index (χ3v) is 4.29. The molecule has 2 heterocycles. The molecular weight excluding hydrogens is 360 g/mol. The van der Waals surface area contributed by atoms with E-state index in [1.54, 1.807) is 6.20 Å². The number of pyridine rings is 1. The molecule has 2 aromatic heterocycles. The highest BCUT2D eigenvalue weighted by Gasteiger charge is 2.10. The number of halogens is 2. The normalized spacial score (nSPS) is 10.9. The van der Waals surface area contributed by atoms with Crippen LogP contribution in [0.2, 0.25) is 0 Å². The largest absolute Gasteiger partial charge is 0.286 e. The first kappa shape index (κ1) is 17.7. The summed E-state index contributed by atoms with van der Waals surface area (Å²) in [6.45, 7) is 0. The van der Waals surface area contributed by atoms with Gasteiger partial charge in [0.15, 0.2) is 0 Å². The first-order valence-electron chi connectivity index (χ1n) is 8.52. The summed E-state index contributed by atoms with van der Waals surface area (Å²) in [6, 6.07) is 15.5. The molecule has 0 aliphatic rings. The standard InChI is InChI=1S/C21H15F2N5/c22-16-10-15(11-17(23)12-16)19-5-6-20(24)28(27-19)21(25)9-13-3-4-18-14(8-13)2-1-7-26-18/h1-8,10-12,24-25H,9H2. The van der Waals surface area contributed by atoms with Gasteiger partial charge in [-0.1, -0.05) is 12.1 Å². The van der Waals surface area contributed by atoms with Crippen molar-refractivity contribution in [2.75, 3.05) is 0 Å². The second-order valence-corrected chi connectivity index (χ2v) is 6.33. The number of aromatic nitrogens is 3. The molecule has 4 rings (SSSR count). The zero-order valence-electron chi connectivity index (χ0n) is 14.7. The van der Waals surface area contributed by atoms with Crippen LogP contribution in [0.5, 0.6) is 0 Å². The first-order valence-corrected chi connectivity index (χ1v) is 8.52. The van der Waals surface area contributed by atoms with Crippen LogP contribution < -0.4 is 5.49 Å². The van der Waals surface area contributed by atoms with Gasteiger partial charge in [-0.25, -0.2) is 13.5 Å². The second kappa shape index (κ2) is 7.11. The Labute approximate surface area is 158 Å². The molecule has 0 atom stereocenters. The Hall–Kier alpha value is -3.74. The minimum Gasteiger partial charge on any atom is -0.286 e. The van der Waals surface area contributed by atoms with Gasteiger partial charge in [0.1, 0.15) is 23.0 Å². The number of nitrogens with one attached hydrogen (secondary N) is 2. The highest BCUT2D eigenvalue weighted by molar-refractivity contribution is 5.85. The summed E-state index contributed by atoms with van der Waals surface area (Å²) in [5.41, 5.74) is 2.27. The molecule has 0 aliphatic heterocycles. The molecule has 0 amide bonds. The van der Waals surface area contributed by atoms with Crippen LogP contribution in [0.1, 0.15) is 5.56 Å². The summed E-state index contributed by atoms with van der Waals surface area (Å²) in [5, 5.41) is 21.6. The number of hydrogen-bond donors (Lipinski definition) is 2. The minimum atomic E-state index is -0.710. The molecule has 0 unspecified atom stereocenters. The Balaban J connectivity index is 1.67. The van der Waals surface area contributed by atoms with Crippen molar-refractivity contribution < 1.29 is 8.78 Å². The van der Waals surface area contributed by atoms with Crippen LogP contribution in [0, 0.1) is 22.5 Å². The van der Waals surface area contributed by atoms with Gasteiger partial charge in [0, 0.05) is 29.6 Å². The quantitative estimate of drug-likeness (QED) is 0.420. The Kier molecular flexibility index (Phi) is 4.49. The van der Waals surface area contributed by atoms with Gasteiger partial charge in [0.2, 0.25) is 0 Å². The van der Waals surface area contributed by atoms with Crippen LogP contribution in [-0.4, -0.2) is 20.6 Å². The lowest BCUT2D eigenvalue weighted by Crippen LogP contribution is -2.30. The number of benzene rings is 2. The molecule has 0 saturated carbocycles. The molecule has 0 fully saturated rings. The Bertz CT molecular complexity index is 1240. The molecule has 4 aromatic rings. The zero-order valence-corrected chi connectivity index (χ0v) is 14.7. The van der Waals surface area contributed by atoms with Crippen LogP contribution >= 0.6 is 0 Å². The highest BCUT2D eigenvalue weighted by atomic mass is 19.1. The fraction of sp³-hybridized carbons (Fsp3) is 0.0476. The number of fused-ring (bicyclic) bond motifs is 1. The maximum absolute atomic E-state index is 13.5. The van der Waals surface area contributed by atoms with Gasteiger partial charge in [-0.3, -0.25) is 15.8 Å². The van der Waals surface area contributed by atoms with Crippen LogP contribution in [0.3, 0.4) is 0 Å². The summed E-state index contributed by atoms with van der Waals surface area (Å²) >= 11 is 0. The smallest absolute Gasteiger partial charge is 0.148 e. The Morgan fingerprint density at radius 1 is 0.964 bits per heavy atom. The number of nitrogens with zero attached hydrogens (tertiary/aromatic N) is 3. The molecule has 5 nitrogen and oxygen atoms in total. The monoisotopic (exact) mass is 375 g/mol. The minimum absolute atomic E-state index is 0.00748. The van der Waals surface area contributed by atoms with Crippen molar-refractivity contribution in [1.29, 1.82) is 10.8 Å². The van der Waals surface area contributed by atoms with Gasteiger partial charge >= 0.3 is 0 Å². The van der Waals surface area contributed by atoms with E-state index in [0.29, 0.717) is 0 Å². The third kappa shape index (κ3) is 3.55. The van der Waals surface area contributed by atoms with Crippen molar-refractivity contribution in [2.24, 2.45) is 0 Å². The molecular formula is C21H15F2N5. The van der Waals surface area contributed by atoms with Crippen molar-refractivity contribution >= 4 is 16.7 Å². The van der Waals surface area contributed by atoms with Crippen LogP contribution in [0.4, 0.5) is 8.78 Å². The molecule has 0 saturated heterocycles. The third-order valence-electron chi connectivity index (χ3n) is 4.29. The molecule has 2 N–H and O–H groups in total. The van der Waals surface area contributed by atoms with Gasteiger partial charge in [-0.2, -0.15) is 5.10 Å². The number of rotatable bonds is 3. The van der Waals surface area contributed by atoms with E-state index in [2.05, 4.69) is 10.1 Å². The summed E-state index contributed by atoms with van der Waals surface area (Å²) in [6.07, 6.45) is 1.96. The number of hydrogen-bond acceptors (Lipinski definition) is 4. The molecule has 28 heavy (non-hydrogen) atoms. The SMILES string of the molecule is N=C(Cc1ccc2ncccc2c1)n1nc(-c2cc(F)cc(F)c2)ccc1=N. The summed E-state index contributed by atoms with van der Waals surface area (Å²) in [4.78, 5) is 4.27. The predicted octanol–water partition coefficient (Wildman–Crippen LogP) is 3.92. The second-order valence-electron chi connectivity index (χ2n) is 6.33. The highest BCUT2D eigenvalue weighted by Crippen LogP contribution is 2.19. The van der Waals surface area contributed by atoms with E-state index in [-0.39, 0.29) is 29.0 Å². The lowest BCUT2D eigenvalue weighted by Gasteiger charge is -2.10. The Morgan fingerprint density at radius 2 is 1.75 bits per heavy atom. The van der Waals surface area contributed by atoms with Gasteiger partial charge < -0.3 is 0 Å². The first-order chi connectivity index (χ1) is 13.5. The summed E-state index contributed by atoms with van der Waals surface area (Å²) in [5.74, 6) is -1.34. The molecule has 0 aliphatic carbocycles. The average Bonchev–Trinajstić information content (AvgIpc) is 2.67. The van der Waals surface area contributed by atoms with Crippen molar-refractivity contribution in [2.45, 2.75) is 6.42 Å². The maximum Gasteiger partial charge on any atom is 0.148 e. The van der Waals surface area contributed by atoms with Crippen LogP contribution in [0.25, 0.3) is 22.2 Å². The topological polar surface area (TPSA) is 78.4 Å². The van der Waals surface area contributed by atoms with E-state index >= 15 is 0 Å². The van der Waals surface area contributed by atoms with Crippen molar-refractivity contribution in [1.82, 2.24) is 14.8 Å². The van der Waals surface area contributed by atoms with Gasteiger partial charge in [0.25, 0.3) is 0 Å². The fourth-order valence-electron chi connectivity index (χ4n) is 2.99. The van der Waals surface area contributed by atoms with Gasteiger partial charge in [-0.15, -0.1) is 0 Å². The Morgan fingerprint density at radius 3 is 2.54 bits per heavy atom. The molecule has 0 radical (unpaired) electrons. The molecule has 138 valence electrons. The molecule has 2 aromatic carbocycles. The maximum atomic E-state index is 13.5. The van der Waals surface area contributed by atoms with E-state index in [1.165, 1.54) is 24.3 Å². The van der Waals surface area contributed by atoms with Crippen molar-refractivity contribution in [3.8, 4) is 11.3 Å². The van der Waals surface area contributed by atoms with Crippen LogP contribution in [0.15, 0.2) is 66.9 Å².